The number of nitrogens with zero attached hydrogens (tertiary/aromatic N) is 2. The molecule has 0 amide bonds. The van der Waals surface area contributed by atoms with E-state index in [1.165, 1.54) is 44.0 Å². The second-order valence-electron chi connectivity index (χ2n) is 9.29. The van der Waals surface area contributed by atoms with E-state index in [4.69, 9.17) is 0 Å². The minimum Gasteiger partial charge on any atom is -0.224 e. The van der Waals surface area contributed by atoms with Crippen LogP contribution in [0.15, 0.2) is 73.1 Å². The van der Waals surface area contributed by atoms with E-state index < -0.39 is 0 Å². The van der Waals surface area contributed by atoms with Gasteiger partial charge in [-0.3, -0.25) is 0 Å². The number of pyridine rings is 1. The summed E-state index contributed by atoms with van der Waals surface area (Å²) in [6.45, 7) is 9.47. The molecule has 0 unspecified atom stereocenters. The molecule has 0 fully saturated rings. The molecule has 30 heavy (non-hydrogen) atoms. The molecule has 0 aliphatic carbocycles. The average molecular weight is 517 g/mol. The molecule has 1 radical (unpaired) electrons. The quantitative estimate of drug-likeness (QED) is 0.146. The van der Waals surface area contributed by atoms with Gasteiger partial charge in [-0.1, -0.05) is 38.1 Å². The van der Waals surface area contributed by atoms with E-state index in [1.807, 2.05) is 12.1 Å². The number of hydrogen-bond donors (Lipinski definition) is 0. The number of hydrogen-bond acceptors (Lipinski definition) is 0. The van der Waals surface area contributed by atoms with Gasteiger partial charge in [0.25, 0.3) is 5.65 Å². The maximum absolute atomic E-state index is 3.12. The van der Waals surface area contributed by atoms with Gasteiger partial charge in [0.1, 0.15) is 23.4 Å². The third-order valence-electron chi connectivity index (χ3n) is 7.51. The molecule has 2 nitrogen and oxygen atoms in total. The predicted octanol–water partition coefficient (Wildman–Crippen LogP) is 6.03. The Morgan fingerprint density at radius 2 is 1.63 bits per heavy atom. The van der Waals surface area contributed by atoms with Gasteiger partial charge in [0.05, 0.1) is 5.39 Å². The maximum atomic E-state index is 3.12. The normalized spacial score (nSPS) is 16.3. The molecule has 3 heteroatoms. The second-order valence-corrected chi connectivity index (χ2v) is 9.29. The van der Waals surface area contributed by atoms with Crippen LogP contribution < -0.4 is 4.57 Å². The first-order valence-electron chi connectivity index (χ1n) is 10.3. The topological polar surface area (TPSA) is 8.29 Å². The zero-order valence-corrected chi connectivity index (χ0v) is 21.6. The minimum atomic E-state index is -0.0167. The average Bonchev–Trinajstić information content (AvgIpc) is 3.19. The Labute approximate surface area is 210 Å². The number of imidazole rings is 1. The Balaban J connectivity index is 0.00000193. The number of rotatable bonds is 1. The van der Waals surface area contributed by atoms with Crippen LogP contribution in [0.1, 0.15) is 33.3 Å². The Morgan fingerprint density at radius 1 is 0.867 bits per heavy atom. The number of fused-ring (bicyclic) bond motifs is 3. The van der Waals surface area contributed by atoms with Gasteiger partial charge in [-0.05, 0) is 37.1 Å². The van der Waals surface area contributed by atoms with Crippen molar-refractivity contribution in [3.8, 4) is 11.1 Å². The molecule has 3 heterocycles. The van der Waals surface area contributed by atoms with Crippen LogP contribution in [0.25, 0.3) is 38.4 Å². The molecular weight excluding hydrogens is 493 g/mol. The van der Waals surface area contributed by atoms with E-state index in [0.717, 1.165) is 0 Å². The summed E-state index contributed by atoms with van der Waals surface area (Å²) < 4.78 is 4.85. The SMILES string of the molecule is CC1(C)c2cccc3c4cc(-c5cc[c-]cc5)ccc4n4cc[n+](c4c23)C1(C)C.[Pr]. The fourth-order valence-electron chi connectivity index (χ4n) is 5.17. The molecule has 3 aromatic carbocycles. The Hall–Kier alpha value is -1.77. The van der Waals surface area contributed by atoms with Crippen LogP contribution in [0.2, 0.25) is 0 Å². The molecule has 145 valence electrons. The molecule has 0 N–H and O–H groups in total. The van der Waals surface area contributed by atoms with E-state index in [0.29, 0.717) is 0 Å². The van der Waals surface area contributed by atoms with Crippen molar-refractivity contribution in [1.82, 2.24) is 4.40 Å². The molecule has 0 atom stereocenters. The van der Waals surface area contributed by atoms with Crippen LogP contribution in [-0.4, -0.2) is 4.40 Å². The van der Waals surface area contributed by atoms with Crippen LogP contribution in [0, 0.1) is 47.4 Å². The van der Waals surface area contributed by atoms with Gasteiger partial charge >= 0.3 is 0 Å². The van der Waals surface area contributed by atoms with Crippen molar-refractivity contribution in [1.29, 1.82) is 0 Å². The van der Waals surface area contributed by atoms with E-state index in [2.05, 4.69) is 104 Å². The van der Waals surface area contributed by atoms with Crippen molar-refractivity contribution in [3.63, 3.8) is 0 Å². The number of benzene rings is 3. The Morgan fingerprint density at radius 3 is 2.40 bits per heavy atom. The maximum Gasteiger partial charge on any atom is 0.295 e. The van der Waals surface area contributed by atoms with Crippen LogP contribution in [-0.2, 0) is 11.0 Å². The van der Waals surface area contributed by atoms with Crippen LogP contribution in [0.3, 0.4) is 0 Å². The Bertz CT molecular complexity index is 1440. The number of aromatic nitrogens is 2. The van der Waals surface area contributed by atoms with Gasteiger partial charge in [0, 0.05) is 57.5 Å². The molecular formula is C27H24N2Pr. The summed E-state index contributed by atoms with van der Waals surface area (Å²) in [6, 6.07) is 25.0. The van der Waals surface area contributed by atoms with Crippen LogP contribution >= 0.6 is 0 Å². The third kappa shape index (κ3) is 2.41. The summed E-state index contributed by atoms with van der Waals surface area (Å²) in [6.07, 6.45) is 4.49. The standard InChI is InChI=1S/C27H24N2.Pr/c1-26(2)22-12-8-11-20-21-17-19(18-9-6-5-7-10-18)13-14-23(21)28-15-16-29(27(26,3)4)25(28)24(20)22;/h6-17H,1-4H3;. The summed E-state index contributed by atoms with van der Waals surface area (Å²) in [5.41, 5.74) is 6.47. The summed E-state index contributed by atoms with van der Waals surface area (Å²) in [5.74, 6) is 0. The van der Waals surface area contributed by atoms with E-state index >= 15 is 0 Å². The first kappa shape index (κ1) is 20.2. The smallest absolute Gasteiger partial charge is 0.224 e. The molecule has 0 spiro atoms. The molecule has 1 aliphatic rings. The second kappa shape index (κ2) is 6.61. The van der Waals surface area contributed by atoms with Gasteiger partial charge in [0.2, 0.25) is 0 Å². The summed E-state index contributed by atoms with van der Waals surface area (Å²) in [4.78, 5) is 0. The zero-order chi connectivity index (χ0) is 20.0. The fourth-order valence-corrected chi connectivity index (χ4v) is 5.17. The largest absolute Gasteiger partial charge is 0.295 e. The van der Waals surface area contributed by atoms with Gasteiger partial charge in [-0.15, -0.1) is 5.56 Å². The van der Waals surface area contributed by atoms with E-state index in [-0.39, 0.29) is 52.2 Å². The molecule has 2 aromatic heterocycles. The predicted molar refractivity (Wildman–Crippen MR) is 119 cm³/mol. The van der Waals surface area contributed by atoms with Gasteiger partial charge in [0.15, 0.2) is 0 Å². The van der Waals surface area contributed by atoms with Gasteiger partial charge in [-0.2, -0.15) is 34.7 Å². The fraction of sp³-hybridized carbons (Fsp3) is 0.222. The van der Waals surface area contributed by atoms with Gasteiger partial charge < -0.3 is 0 Å². The van der Waals surface area contributed by atoms with Crippen molar-refractivity contribution < 1.29 is 45.9 Å². The van der Waals surface area contributed by atoms with Gasteiger partial charge in [-0.25, -0.2) is 4.57 Å². The molecule has 5 aromatic rings. The Kier molecular flexibility index (Phi) is 4.44. The first-order valence-corrected chi connectivity index (χ1v) is 10.3. The molecule has 0 saturated carbocycles. The zero-order valence-electron chi connectivity index (χ0n) is 17.9. The molecule has 0 bridgehead atoms. The first-order chi connectivity index (χ1) is 13.9. The monoisotopic (exact) mass is 517 g/mol. The van der Waals surface area contributed by atoms with E-state index in [9.17, 15) is 0 Å². The van der Waals surface area contributed by atoms with Crippen molar-refractivity contribution in [3.05, 3.63) is 84.7 Å². The summed E-state index contributed by atoms with van der Waals surface area (Å²) in [5, 5.41) is 4.02. The van der Waals surface area contributed by atoms with Crippen LogP contribution in [0.4, 0.5) is 0 Å². The van der Waals surface area contributed by atoms with Crippen LogP contribution in [0.5, 0.6) is 0 Å². The van der Waals surface area contributed by atoms with Crippen molar-refractivity contribution >= 4 is 27.3 Å². The summed E-state index contributed by atoms with van der Waals surface area (Å²) >= 11 is 0. The van der Waals surface area contributed by atoms with Crippen molar-refractivity contribution in [2.45, 2.75) is 38.6 Å². The van der Waals surface area contributed by atoms with E-state index in [1.54, 1.807) is 0 Å². The summed E-state index contributed by atoms with van der Waals surface area (Å²) in [7, 11) is 0. The molecule has 0 saturated heterocycles. The molecule has 1 aliphatic heterocycles. The minimum absolute atomic E-state index is 0. The van der Waals surface area contributed by atoms with Crippen molar-refractivity contribution in [2.24, 2.45) is 0 Å². The third-order valence-corrected chi connectivity index (χ3v) is 7.51. The molecule has 6 rings (SSSR count). The van der Waals surface area contributed by atoms with Crippen molar-refractivity contribution in [2.75, 3.05) is 0 Å².